The molecule has 1 amide bonds. The van der Waals surface area contributed by atoms with Crippen LogP contribution in [0, 0.1) is 0 Å². The Morgan fingerprint density at radius 1 is 1.28 bits per heavy atom. The van der Waals surface area contributed by atoms with E-state index in [4.69, 9.17) is 4.74 Å². The molecule has 0 bridgehead atoms. The van der Waals surface area contributed by atoms with Crippen LogP contribution < -0.4 is 5.32 Å². The van der Waals surface area contributed by atoms with Crippen LogP contribution in [0.15, 0.2) is 30.3 Å². The quantitative estimate of drug-likeness (QED) is 0.677. The lowest BCUT2D eigenvalue weighted by Crippen LogP contribution is -2.41. The minimum atomic E-state index is -3.49. The van der Waals surface area contributed by atoms with Crippen molar-refractivity contribution < 1.29 is 17.9 Å². The minimum absolute atomic E-state index is 0.319. The van der Waals surface area contributed by atoms with Gasteiger partial charge in [0.15, 0.2) is 0 Å². The number of carbonyl (C=O) groups excluding carboxylic acids is 1. The van der Waals surface area contributed by atoms with Crippen LogP contribution in [0.2, 0.25) is 0 Å². The highest BCUT2D eigenvalue weighted by Gasteiger charge is 2.30. The number of hydrogen-bond donors (Lipinski definition) is 1. The van der Waals surface area contributed by atoms with Gasteiger partial charge in [-0.05, 0) is 24.8 Å². The molecule has 0 radical (unpaired) electrons. The van der Waals surface area contributed by atoms with Gasteiger partial charge < -0.3 is 10.1 Å². The maximum absolute atomic E-state index is 12.6. The number of nitrogens with zero attached hydrogens (tertiary/aromatic N) is 1. The summed E-state index contributed by atoms with van der Waals surface area (Å²) in [7, 11) is -2.07. The third kappa shape index (κ3) is 6.09. The van der Waals surface area contributed by atoms with Crippen LogP contribution >= 0.6 is 0 Å². The second-order valence-corrected chi connectivity index (χ2v) is 8.56. The van der Waals surface area contributed by atoms with Crippen molar-refractivity contribution in [2.24, 2.45) is 0 Å². The van der Waals surface area contributed by atoms with Crippen LogP contribution in [-0.4, -0.2) is 51.2 Å². The van der Waals surface area contributed by atoms with Crippen LogP contribution in [-0.2, 0) is 19.6 Å². The number of ether oxygens (including phenoxy) is 1. The van der Waals surface area contributed by atoms with Crippen molar-refractivity contribution in [2.75, 3.05) is 26.5 Å². The Morgan fingerprint density at radius 2 is 1.92 bits per heavy atom. The Balaban J connectivity index is 1.89. The summed E-state index contributed by atoms with van der Waals surface area (Å²) in [6.45, 7) is 1.08. The highest BCUT2D eigenvalue weighted by molar-refractivity contribution is 7.88. The molecule has 25 heavy (non-hydrogen) atoms. The summed E-state index contributed by atoms with van der Waals surface area (Å²) in [6, 6.07) is 8.07. The summed E-state index contributed by atoms with van der Waals surface area (Å²) in [4.78, 5) is 12.6. The second-order valence-electron chi connectivity index (χ2n) is 6.51. The van der Waals surface area contributed by atoms with E-state index in [0.29, 0.717) is 31.2 Å². The highest BCUT2D eigenvalue weighted by atomic mass is 32.2. The van der Waals surface area contributed by atoms with E-state index >= 15 is 0 Å². The molecule has 1 saturated carbocycles. The van der Waals surface area contributed by atoms with Crippen molar-refractivity contribution >= 4 is 15.9 Å². The molecular formula is C18H28N2O4S. The Bertz CT molecular complexity index is 642. The van der Waals surface area contributed by atoms with Crippen molar-refractivity contribution in [1.82, 2.24) is 9.62 Å². The zero-order chi connectivity index (χ0) is 18.3. The van der Waals surface area contributed by atoms with Gasteiger partial charge in [0.1, 0.15) is 6.04 Å². The average molecular weight is 368 g/mol. The van der Waals surface area contributed by atoms with Gasteiger partial charge in [-0.2, -0.15) is 4.31 Å². The van der Waals surface area contributed by atoms with E-state index in [9.17, 15) is 13.2 Å². The summed E-state index contributed by atoms with van der Waals surface area (Å²) in [5.74, 6) is -0.319. The fourth-order valence-corrected chi connectivity index (χ4v) is 3.64. The van der Waals surface area contributed by atoms with Crippen molar-refractivity contribution in [3.63, 3.8) is 0 Å². The van der Waals surface area contributed by atoms with Gasteiger partial charge in [0.2, 0.25) is 15.9 Å². The van der Waals surface area contributed by atoms with E-state index in [1.165, 1.54) is 19.9 Å². The molecular weight excluding hydrogens is 340 g/mol. The van der Waals surface area contributed by atoms with E-state index in [1.807, 2.05) is 6.07 Å². The SMILES string of the molecule is CN(C(C(=O)NCCCOC1CCCC1)c1ccccc1)S(C)(=O)=O. The van der Waals surface area contributed by atoms with Gasteiger partial charge in [-0.3, -0.25) is 4.79 Å². The van der Waals surface area contributed by atoms with Gasteiger partial charge in [-0.1, -0.05) is 43.2 Å². The molecule has 1 aliphatic rings. The Kier molecular flexibility index (Phi) is 7.40. The van der Waals surface area contributed by atoms with Crippen molar-refractivity contribution in [3.05, 3.63) is 35.9 Å². The van der Waals surface area contributed by atoms with E-state index in [-0.39, 0.29) is 5.91 Å². The predicted molar refractivity (Wildman–Crippen MR) is 97.6 cm³/mol. The zero-order valence-corrected chi connectivity index (χ0v) is 15.8. The molecule has 7 heteroatoms. The minimum Gasteiger partial charge on any atom is -0.378 e. The summed E-state index contributed by atoms with van der Waals surface area (Å²) >= 11 is 0. The van der Waals surface area contributed by atoms with Gasteiger partial charge in [0.05, 0.1) is 12.4 Å². The molecule has 0 aromatic heterocycles. The average Bonchev–Trinajstić information content (AvgIpc) is 3.08. The third-order valence-electron chi connectivity index (χ3n) is 4.53. The molecule has 1 aliphatic carbocycles. The number of likely N-dealkylation sites (N-methyl/N-ethyl adjacent to an activating group) is 1. The summed E-state index contributed by atoms with van der Waals surface area (Å²) in [5.41, 5.74) is 0.648. The molecule has 1 aromatic rings. The van der Waals surface area contributed by atoms with Gasteiger partial charge in [0, 0.05) is 20.2 Å². The van der Waals surface area contributed by atoms with Crippen molar-refractivity contribution in [2.45, 2.75) is 44.2 Å². The second kappa shape index (κ2) is 9.31. The predicted octanol–water partition coefficient (Wildman–Crippen LogP) is 2.08. The van der Waals surface area contributed by atoms with Gasteiger partial charge in [0.25, 0.3) is 0 Å². The Labute approximate surface area is 150 Å². The molecule has 0 aliphatic heterocycles. The zero-order valence-electron chi connectivity index (χ0n) is 15.0. The number of sulfonamides is 1. The summed E-state index contributed by atoms with van der Waals surface area (Å²) in [6.07, 6.45) is 6.90. The molecule has 1 fully saturated rings. The van der Waals surface area contributed by atoms with Crippen LogP contribution in [0.25, 0.3) is 0 Å². The van der Waals surface area contributed by atoms with Crippen LogP contribution in [0.1, 0.15) is 43.7 Å². The first kappa shape index (κ1) is 19.9. The van der Waals surface area contributed by atoms with Crippen LogP contribution in [0.3, 0.4) is 0 Å². The fraction of sp³-hybridized carbons (Fsp3) is 0.611. The number of benzene rings is 1. The Hall–Kier alpha value is -1.44. The standard InChI is InChI=1S/C18H28N2O4S/c1-20(25(2,22)23)17(15-9-4-3-5-10-15)18(21)19-13-8-14-24-16-11-6-7-12-16/h3-5,9-10,16-17H,6-8,11-14H2,1-2H3,(H,19,21). The van der Waals surface area contributed by atoms with Gasteiger partial charge in [-0.15, -0.1) is 0 Å². The maximum atomic E-state index is 12.6. The number of hydrogen-bond acceptors (Lipinski definition) is 4. The monoisotopic (exact) mass is 368 g/mol. The first-order valence-electron chi connectivity index (χ1n) is 8.77. The molecule has 140 valence electrons. The largest absolute Gasteiger partial charge is 0.378 e. The molecule has 0 heterocycles. The molecule has 1 atom stereocenters. The van der Waals surface area contributed by atoms with E-state index in [2.05, 4.69) is 5.32 Å². The molecule has 0 spiro atoms. The molecule has 0 saturated heterocycles. The topological polar surface area (TPSA) is 75.7 Å². The molecule has 1 N–H and O–H groups in total. The summed E-state index contributed by atoms with van der Waals surface area (Å²) < 4.78 is 30.7. The first-order chi connectivity index (χ1) is 11.9. The Morgan fingerprint density at radius 3 is 2.52 bits per heavy atom. The van der Waals surface area contributed by atoms with Gasteiger partial charge in [-0.25, -0.2) is 8.42 Å². The molecule has 6 nitrogen and oxygen atoms in total. The van der Waals surface area contributed by atoms with E-state index in [0.717, 1.165) is 23.4 Å². The van der Waals surface area contributed by atoms with E-state index < -0.39 is 16.1 Å². The van der Waals surface area contributed by atoms with Crippen molar-refractivity contribution in [3.8, 4) is 0 Å². The number of amides is 1. The number of carbonyl (C=O) groups is 1. The van der Waals surface area contributed by atoms with Gasteiger partial charge >= 0.3 is 0 Å². The number of rotatable bonds is 9. The first-order valence-corrected chi connectivity index (χ1v) is 10.6. The summed E-state index contributed by atoms with van der Waals surface area (Å²) in [5, 5.41) is 2.83. The molecule has 1 aromatic carbocycles. The van der Waals surface area contributed by atoms with E-state index in [1.54, 1.807) is 24.3 Å². The number of nitrogens with one attached hydrogen (secondary N) is 1. The lowest BCUT2D eigenvalue weighted by molar-refractivity contribution is -0.124. The maximum Gasteiger partial charge on any atom is 0.242 e. The lowest BCUT2D eigenvalue weighted by atomic mass is 10.1. The lowest BCUT2D eigenvalue weighted by Gasteiger charge is -2.25. The smallest absolute Gasteiger partial charge is 0.242 e. The third-order valence-corrected chi connectivity index (χ3v) is 5.78. The van der Waals surface area contributed by atoms with Crippen LogP contribution in [0.4, 0.5) is 0 Å². The molecule has 1 unspecified atom stereocenters. The van der Waals surface area contributed by atoms with Crippen LogP contribution in [0.5, 0.6) is 0 Å². The normalized spacial score (nSPS) is 16.9. The highest BCUT2D eigenvalue weighted by Crippen LogP contribution is 2.22. The molecule has 2 rings (SSSR count). The van der Waals surface area contributed by atoms with Crippen molar-refractivity contribution in [1.29, 1.82) is 0 Å². The fourth-order valence-electron chi connectivity index (χ4n) is 3.04.